The third-order valence-electron chi connectivity index (χ3n) is 11.3. The van der Waals surface area contributed by atoms with Gasteiger partial charge in [-0.05, 0) is 85.0 Å². The normalized spacial score (nSPS) is 21.8. The summed E-state index contributed by atoms with van der Waals surface area (Å²) in [6.07, 6.45) is 22.2. The van der Waals surface area contributed by atoms with Crippen LogP contribution < -0.4 is 4.90 Å². The number of anilines is 1. The van der Waals surface area contributed by atoms with Crippen LogP contribution in [-0.2, 0) is 23.7 Å². The number of likely N-dealkylation sites (N-methyl/N-ethyl adjacent to an activating group) is 1. The molecule has 0 aromatic heterocycles. The van der Waals surface area contributed by atoms with Crippen molar-refractivity contribution in [3.05, 3.63) is 202 Å². The monoisotopic (exact) mass is 727 g/mol. The maximum absolute atomic E-state index is 3.82. The van der Waals surface area contributed by atoms with E-state index in [1.165, 1.54) is 61.4 Å². The van der Waals surface area contributed by atoms with Crippen molar-refractivity contribution < 1.29 is 4.58 Å². The number of fused-ring (bicyclic) bond motifs is 4. The van der Waals surface area contributed by atoms with Crippen molar-refractivity contribution in [3.63, 3.8) is 0 Å². The predicted molar refractivity (Wildman–Crippen MR) is 219 cm³/mol. The first-order valence-electron chi connectivity index (χ1n) is 18.0. The Hall–Kier alpha value is -4.99. The number of halogens is 1. The van der Waals surface area contributed by atoms with Crippen molar-refractivity contribution in [2.75, 3.05) is 19.0 Å². The zero-order valence-corrected chi connectivity index (χ0v) is 31.3. The summed E-state index contributed by atoms with van der Waals surface area (Å²) in [5, 5.41) is 2.58. The molecular weight excluding hydrogens is 684 g/mol. The van der Waals surface area contributed by atoms with E-state index in [2.05, 4.69) is 210 Å². The molecule has 1 aliphatic carbocycles. The summed E-state index contributed by atoms with van der Waals surface area (Å²) < 4.78 is 3.55. The van der Waals surface area contributed by atoms with E-state index in [0.717, 1.165) is 30.2 Å². The first-order valence-corrected chi connectivity index (χ1v) is 18.8. The van der Waals surface area contributed by atoms with Crippen molar-refractivity contribution in [3.8, 4) is 0 Å². The van der Waals surface area contributed by atoms with E-state index in [1.54, 1.807) is 0 Å². The third kappa shape index (κ3) is 5.98. The molecule has 2 nitrogen and oxygen atoms in total. The SMILES string of the molecule is CN1C(=CC=CC=CC2=[N+](C)c3c(ccc4ccccc34)C2(C)Cc2ccccc2)C(CC2=CCC=C2)(Cc2ccccc2)c2cc(Br)ccc21. The molecule has 3 aliphatic rings. The average molecular weight is 729 g/mol. The van der Waals surface area contributed by atoms with Crippen molar-refractivity contribution >= 4 is 43.8 Å². The lowest BCUT2D eigenvalue weighted by Crippen LogP contribution is -2.33. The van der Waals surface area contributed by atoms with E-state index in [-0.39, 0.29) is 10.8 Å². The first kappa shape index (κ1) is 33.2. The summed E-state index contributed by atoms with van der Waals surface area (Å²) in [5.74, 6) is 0. The van der Waals surface area contributed by atoms with Gasteiger partial charge in [0.1, 0.15) is 7.05 Å². The minimum absolute atomic E-state index is 0.174. The largest absolute Gasteiger partial charge is 0.347 e. The van der Waals surface area contributed by atoms with E-state index in [1.807, 2.05) is 0 Å². The number of allylic oxidation sites excluding steroid dienone is 10. The lowest BCUT2D eigenvalue weighted by Gasteiger charge is -2.34. The Morgan fingerprint density at radius 3 is 2.24 bits per heavy atom. The van der Waals surface area contributed by atoms with E-state index < -0.39 is 0 Å². The van der Waals surface area contributed by atoms with E-state index in [0.29, 0.717) is 0 Å². The molecule has 0 N–H and O–H groups in total. The van der Waals surface area contributed by atoms with Crippen molar-refractivity contribution in [1.29, 1.82) is 0 Å². The van der Waals surface area contributed by atoms with Gasteiger partial charge in [-0.3, -0.25) is 0 Å². The molecule has 3 heteroatoms. The average Bonchev–Trinajstić information content (AvgIpc) is 3.79. The summed E-state index contributed by atoms with van der Waals surface area (Å²) in [7, 11) is 4.47. The van der Waals surface area contributed by atoms with Gasteiger partial charge in [0.15, 0.2) is 5.71 Å². The molecule has 2 aliphatic heterocycles. The van der Waals surface area contributed by atoms with Gasteiger partial charge >= 0.3 is 0 Å². The molecule has 0 fully saturated rings. The Bertz CT molecular complexity index is 2310. The fraction of sp³-hybridized carbons (Fsp3) is 0.188. The maximum Gasteiger partial charge on any atom is 0.217 e. The van der Waals surface area contributed by atoms with Gasteiger partial charge in [-0.2, -0.15) is 4.58 Å². The highest BCUT2D eigenvalue weighted by atomic mass is 79.9. The Morgan fingerprint density at radius 2 is 1.49 bits per heavy atom. The second-order valence-electron chi connectivity index (χ2n) is 14.5. The number of nitrogens with zero attached hydrogens (tertiary/aromatic N) is 2. The zero-order chi connectivity index (χ0) is 35.0. The summed E-state index contributed by atoms with van der Waals surface area (Å²) in [5.41, 5.74) is 11.7. The summed E-state index contributed by atoms with van der Waals surface area (Å²) in [6, 6.07) is 42.1. The van der Waals surface area contributed by atoms with Crippen molar-refractivity contribution in [1.82, 2.24) is 0 Å². The smallest absolute Gasteiger partial charge is 0.217 e. The number of benzene rings is 5. The molecule has 5 aromatic carbocycles. The fourth-order valence-electron chi connectivity index (χ4n) is 8.94. The second-order valence-corrected chi connectivity index (χ2v) is 15.4. The Labute approximate surface area is 311 Å². The van der Waals surface area contributed by atoms with E-state index in [4.69, 9.17) is 0 Å². The van der Waals surface area contributed by atoms with Crippen LogP contribution in [0.3, 0.4) is 0 Å². The molecule has 2 unspecified atom stereocenters. The van der Waals surface area contributed by atoms with Crippen LogP contribution >= 0.6 is 15.9 Å². The quantitative estimate of drug-likeness (QED) is 0.108. The molecule has 0 saturated heterocycles. The second kappa shape index (κ2) is 13.6. The predicted octanol–water partition coefficient (Wildman–Crippen LogP) is 11.7. The number of rotatable bonds is 9. The van der Waals surface area contributed by atoms with Crippen LogP contribution in [0.1, 0.15) is 42.0 Å². The highest BCUT2D eigenvalue weighted by molar-refractivity contribution is 9.10. The van der Waals surface area contributed by atoms with Crippen LogP contribution in [0.2, 0.25) is 0 Å². The van der Waals surface area contributed by atoms with Crippen LogP contribution in [0.4, 0.5) is 11.4 Å². The molecule has 0 bridgehead atoms. The number of hydrogen-bond acceptors (Lipinski definition) is 1. The molecule has 5 aromatic rings. The van der Waals surface area contributed by atoms with Crippen LogP contribution in [-0.4, -0.2) is 24.4 Å². The first-order chi connectivity index (χ1) is 24.9. The topological polar surface area (TPSA) is 6.25 Å². The van der Waals surface area contributed by atoms with Crippen LogP contribution in [0.15, 0.2) is 180 Å². The van der Waals surface area contributed by atoms with Gasteiger partial charge in [0, 0.05) is 40.0 Å². The van der Waals surface area contributed by atoms with Gasteiger partial charge in [0.2, 0.25) is 5.69 Å². The maximum atomic E-state index is 3.82. The minimum Gasteiger partial charge on any atom is -0.347 e. The van der Waals surface area contributed by atoms with E-state index >= 15 is 0 Å². The molecule has 51 heavy (non-hydrogen) atoms. The molecule has 0 spiro atoms. The van der Waals surface area contributed by atoms with Gasteiger partial charge in [0.05, 0.1) is 10.8 Å². The zero-order valence-electron chi connectivity index (χ0n) is 29.7. The van der Waals surface area contributed by atoms with Gasteiger partial charge in [-0.15, -0.1) is 0 Å². The minimum atomic E-state index is -0.207. The Kier molecular flexibility index (Phi) is 8.86. The van der Waals surface area contributed by atoms with Crippen LogP contribution in [0, 0.1) is 0 Å². The summed E-state index contributed by atoms with van der Waals surface area (Å²) in [6.45, 7) is 2.41. The van der Waals surface area contributed by atoms with Gasteiger partial charge in [-0.25, -0.2) is 0 Å². The highest BCUT2D eigenvalue weighted by Crippen LogP contribution is 2.53. The van der Waals surface area contributed by atoms with Crippen molar-refractivity contribution in [2.45, 2.75) is 43.4 Å². The Morgan fingerprint density at radius 1 is 0.765 bits per heavy atom. The van der Waals surface area contributed by atoms with Gasteiger partial charge in [-0.1, -0.05) is 149 Å². The molecule has 2 atom stereocenters. The van der Waals surface area contributed by atoms with Crippen molar-refractivity contribution in [2.24, 2.45) is 0 Å². The fourth-order valence-corrected chi connectivity index (χ4v) is 9.30. The lowest BCUT2D eigenvalue weighted by atomic mass is 9.70. The van der Waals surface area contributed by atoms with Crippen LogP contribution in [0.5, 0.6) is 0 Å². The van der Waals surface area contributed by atoms with Gasteiger partial charge in [0.25, 0.3) is 0 Å². The van der Waals surface area contributed by atoms with Crippen LogP contribution in [0.25, 0.3) is 10.8 Å². The molecule has 0 radical (unpaired) electrons. The molecule has 252 valence electrons. The lowest BCUT2D eigenvalue weighted by molar-refractivity contribution is -0.399. The molecule has 0 saturated carbocycles. The standard InChI is InChI=1S/C48H44BrN2/c1-47(32-35-17-7-4-8-18-35)41-29-27-38-23-15-16-24-40(38)46(41)51(3)44(47)25-11-6-12-26-45-48(34-37-21-13-14-22-37,33-36-19-9-5-10-20-36)42-31-39(49)28-30-43(42)50(45)2/h4-13,15-31H,14,32-34H2,1-3H3/q+1. The molecule has 8 rings (SSSR count). The highest BCUT2D eigenvalue weighted by Gasteiger charge is 2.48. The molecule has 0 amide bonds. The van der Waals surface area contributed by atoms with E-state index in [9.17, 15) is 0 Å². The number of hydrogen-bond donors (Lipinski definition) is 0. The molecule has 2 heterocycles. The summed E-state index contributed by atoms with van der Waals surface area (Å²) in [4.78, 5) is 2.41. The Balaban J connectivity index is 1.19. The van der Waals surface area contributed by atoms with Gasteiger partial charge < -0.3 is 4.90 Å². The third-order valence-corrected chi connectivity index (χ3v) is 11.8. The summed E-state index contributed by atoms with van der Waals surface area (Å²) >= 11 is 3.82. The molecular formula is C48H44BrN2+.